The lowest BCUT2D eigenvalue weighted by Gasteiger charge is -2.32. The summed E-state index contributed by atoms with van der Waals surface area (Å²) in [5, 5.41) is 5.89. The Hall–Kier alpha value is -2.57. The second-order valence-electron chi connectivity index (χ2n) is 6.96. The molecule has 1 aliphatic rings. The number of aromatic nitrogens is 2. The molecule has 25 heavy (non-hydrogen) atoms. The molecule has 0 radical (unpaired) electrons. The number of fused-ring (bicyclic) bond motifs is 1. The molecule has 7 heteroatoms. The van der Waals surface area contributed by atoms with Crippen LogP contribution in [0.15, 0.2) is 24.5 Å². The highest BCUT2D eigenvalue weighted by Gasteiger charge is 2.28. The first-order chi connectivity index (χ1) is 12.0. The number of carbonyl (C=O) groups excluding carboxylic acids is 2. The smallest absolute Gasteiger partial charge is 0.317 e. The molecule has 2 heterocycles. The molecular formula is C18H25N5O2. The van der Waals surface area contributed by atoms with Crippen molar-refractivity contribution in [2.75, 3.05) is 25.0 Å². The number of para-hydroxylation sites is 1. The number of urea groups is 1. The van der Waals surface area contributed by atoms with Crippen LogP contribution < -0.4 is 10.6 Å². The lowest BCUT2D eigenvalue weighted by Crippen LogP contribution is -2.48. The molecule has 0 bridgehead atoms. The highest BCUT2D eigenvalue weighted by Crippen LogP contribution is 2.23. The predicted octanol–water partition coefficient (Wildman–Crippen LogP) is 2.58. The highest BCUT2D eigenvalue weighted by atomic mass is 16.2. The molecule has 134 valence electrons. The number of likely N-dealkylation sites (tertiary alicyclic amines) is 1. The average Bonchev–Trinajstić information content (AvgIpc) is 3.09. The monoisotopic (exact) mass is 343 g/mol. The lowest BCUT2D eigenvalue weighted by molar-refractivity contribution is -0.121. The van der Waals surface area contributed by atoms with Crippen molar-refractivity contribution >= 4 is 28.7 Å². The fourth-order valence-corrected chi connectivity index (χ4v) is 3.08. The number of H-pyrrole nitrogens is 1. The number of hydrogen-bond acceptors (Lipinski definition) is 3. The number of rotatable bonds is 4. The van der Waals surface area contributed by atoms with Crippen molar-refractivity contribution < 1.29 is 9.59 Å². The van der Waals surface area contributed by atoms with Crippen molar-refractivity contribution in [3.05, 3.63) is 24.5 Å². The summed E-state index contributed by atoms with van der Waals surface area (Å²) >= 11 is 0. The van der Waals surface area contributed by atoms with Gasteiger partial charge in [0.15, 0.2) is 0 Å². The Bertz CT molecular complexity index is 755. The maximum Gasteiger partial charge on any atom is 0.317 e. The lowest BCUT2D eigenvalue weighted by atomic mass is 9.97. The number of amides is 3. The van der Waals surface area contributed by atoms with Gasteiger partial charge in [0.25, 0.3) is 0 Å². The fraction of sp³-hybridized carbons (Fsp3) is 0.500. The first-order valence-electron chi connectivity index (χ1n) is 8.80. The van der Waals surface area contributed by atoms with Gasteiger partial charge in [0.05, 0.1) is 23.4 Å². The number of aromatic amines is 1. The minimum absolute atomic E-state index is 0.0585. The minimum Gasteiger partial charge on any atom is -0.345 e. The Balaban J connectivity index is 1.62. The summed E-state index contributed by atoms with van der Waals surface area (Å²) in [4.78, 5) is 33.9. The van der Waals surface area contributed by atoms with E-state index in [1.54, 1.807) is 11.2 Å². The molecule has 7 nitrogen and oxygen atoms in total. The number of benzene rings is 1. The van der Waals surface area contributed by atoms with Gasteiger partial charge in [0.1, 0.15) is 5.52 Å². The number of hydrogen-bond donors (Lipinski definition) is 3. The molecule has 2 aromatic rings. The Morgan fingerprint density at radius 2 is 2.24 bits per heavy atom. The molecule has 0 aliphatic carbocycles. The van der Waals surface area contributed by atoms with Crippen molar-refractivity contribution in [3.63, 3.8) is 0 Å². The molecule has 1 aliphatic heterocycles. The number of nitrogens with zero attached hydrogens (tertiary/aromatic N) is 2. The van der Waals surface area contributed by atoms with Gasteiger partial charge >= 0.3 is 6.03 Å². The van der Waals surface area contributed by atoms with E-state index < -0.39 is 0 Å². The van der Waals surface area contributed by atoms with Gasteiger partial charge in [0.2, 0.25) is 5.91 Å². The van der Waals surface area contributed by atoms with E-state index in [0.717, 1.165) is 23.9 Å². The van der Waals surface area contributed by atoms with Gasteiger partial charge in [-0.05, 0) is 30.9 Å². The van der Waals surface area contributed by atoms with Crippen LogP contribution in [0.2, 0.25) is 0 Å². The van der Waals surface area contributed by atoms with Crippen molar-refractivity contribution in [1.29, 1.82) is 0 Å². The van der Waals surface area contributed by atoms with Crippen molar-refractivity contribution in [1.82, 2.24) is 20.2 Å². The third-order valence-corrected chi connectivity index (χ3v) is 4.45. The van der Waals surface area contributed by atoms with E-state index in [0.29, 0.717) is 31.2 Å². The number of anilines is 1. The number of piperidine rings is 1. The molecule has 1 saturated heterocycles. The van der Waals surface area contributed by atoms with Gasteiger partial charge in [-0.1, -0.05) is 19.9 Å². The van der Waals surface area contributed by atoms with E-state index in [1.165, 1.54) is 0 Å². The maximum absolute atomic E-state index is 12.7. The first kappa shape index (κ1) is 17.3. The summed E-state index contributed by atoms with van der Waals surface area (Å²) in [6.45, 7) is 5.91. The summed E-state index contributed by atoms with van der Waals surface area (Å²) < 4.78 is 0. The van der Waals surface area contributed by atoms with Gasteiger partial charge in [-0.2, -0.15) is 0 Å². The van der Waals surface area contributed by atoms with Crippen molar-refractivity contribution in [3.8, 4) is 0 Å². The SMILES string of the molecule is CC(C)CNC(=O)N1CCCC(C(=O)Nc2cccc3[nH]cnc23)C1. The Kier molecular flexibility index (Phi) is 5.21. The van der Waals surface area contributed by atoms with E-state index >= 15 is 0 Å². The number of nitrogens with one attached hydrogen (secondary N) is 3. The van der Waals surface area contributed by atoms with Crippen molar-refractivity contribution in [2.24, 2.45) is 11.8 Å². The molecule has 3 N–H and O–H groups in total. The molecule has 0 spiro atoms. The third-order valence-electron chi connectivity index (χ3n) is 4.45. The molecule has 1 aromatic carbocycles. The van der Waals surface area contributed by atoms with E-state index in [9.17, 15) is 9.59 Å². The van der Waals surface area contributed by atoms with Crippen LogP contribution in [0.25, 0.3) is 11.0 Å². The Labute approximate surface area is 147 Å². The standard InChI is InChI=1S/C18H25N5O2/c1-12(2)9-19-18(25)23-8-4-5-13(10-23)17(24)22-15-7-3-6-14-16(15)21-11-20-14/h3,6-7,11-13H,4-5,8-10H2,1-2H3,(H,19,25)(H,20,21)(H,22,24). The van der Waals surface area contributed by atoms with E-state index in [-0.39, 0.29) is 17.9 Å². The second-order valence-corrected chi connectivity index (χ2v) is 6.96. The summed E-state index contributed by atoms with van der Waals surface area (Å²) in [6.07, 6.45) is 3.23. The van der Waals surface area contributed by atoms with E-state index in [4.69, 9.17) is 0 Å². The van der Waals surface area contributed by atoms with E-state index in [2.05, 4.69) is 34.4 Å². The molecule has 3 amide bonds. The van der Waals surface area contributed by atoms with Gasteiger partial charge in [-0.15, -0.1) is 0 Å². The molecule has 1 unspecified atom stereocenters. The Morgan fingerprint density at radius 3 is 3.04 bits per heavy atom. The van der Waals surface area contributed by atoms with Crippen LogP contribution in [-0.2, 0) is 4.79 Å². The number of carbonyl (C=O) groups is 2. The molecule has 3 rings (SSSR count). The van der Waals surface area contributed by atoms with Crippen LogP contribution in [-0.4, -0.2) is 46.4 Å². The van der Waals surface area contributed by atoms with Crippen LogP contribution in [0.1, 0.15) is 26.7 Å². The highest BCUT2D eigenvalue weighted by molar-refractivity contribution is 6.00. The van der Waals surface area contributed by atoms with Crippen molar-refractivity contribution in [2.45, 2.75) is 26.7 Å². The zero-order chi connectivity index (χ0) is 17.8. The predicted molar refractivity (Wildman–Crippen MR) is 97.3 cm³/mol. The van der Waals surface area contributed by atoms with Crippen LogP contribution in [0.3, 0.4) is 0 Å². The molecule has 1 fully saturated rings. The van der Waals surface area contributed by atoms with Crippen LogP contribution in [0, 0.1) is 11.8 Å². The summed E-state index contributed by atoms with van der Waals surface area (Å²) in [7, 11) is 0. The topological polar surface area (TPSA) is 90.1 Å². The molecular weight excluding hydrogens is 318 g/mol. The average molecular weight is 343 g/mol. The Morgan fingerprint density at radius 1 is 1.40 bits per heavy atom. The number of imidazole rings is 1. The zero-order valence-electron chi connectivity index (χ0n) is 14.7. The molecule has 1 aromatic heterocycles. The maximum atomic E-state index is 12.7. The van der Waals surface area contributed by atoms with Gasteiger partial charge < -0.3 is 20.5 Å². The van der Waals surface area contributed by atoms with Crippen LogP contribution in [0.5, 0.6) is 0 Å². The molecule has 0 saturated carbocycles. The third kappa shape index (κ3) is 4.10. The quantitative estimate of drug-likeness (QED) is 0.797. The molecule has 1 atom stereocenters. The summed E-state index contributed by atoms with van der Waals surface area (Å²) in [5.74, 6) is 0.145. The second kappa shape index (κ2) is 7.55. The normalized spacial score (nSPS) is 17.7. The summed E-state index contributed by atoms with van der Waals surface area (Å²) in [5.41, 5.74) is 2.33. The van der Waals surface area contributed by atoms with Gasteiger partial charge in [-0.3, -0.25) is 4.79 Å². The summed E-state index contributed by atoms with van der Waals surface area (Å²) in [6, 6.07) is 5.56. The van der Waals surface area contributed by atoms with Gasteiger partial charge in [0, 0.05) is 19.6 Å². The van der Waals surface area contributed by atoms with Crippen LogP contribution in [0.4, 0.5) is 10.5 Å². The first-order valence-corrected chi connectivity index (χ1v) is 8.80. The minimum atomic E-state index is -0.201. The largest absolute Gasteiger partial charge is 0.345 e. The van der Waals surface area contributed by atoms with Crippen LogP contribution >= 0.6 is 0 Å². The van der Waals surface area contributed by atoms with Gasteiger partial charge in [-0.25, -0.2) is 9.78 Å². The fourth-order valence-electron chi connectivity index (χ4n) is 3.08. The zero-order valence-corrected chi connectivity index (χ0v) is 14.7. The van der Waals surface area contributed by atoms with E-state index in [1.807, 2.05) is 18.2 Å².